The van der Waals surface area contributed by atoms with Crippen LogP contribution in [0, 0.1) is 0 Å². The van der Waals surface area contributed by atoms with Crippen LogP contribution in [-0.2, 0) is 16.1 Å². The standard InChI is InChI=1S/C27H27NO4S/c1-2-3-7-16-32-21-14-12-20(13-15-21)25(29)23-24(19-9-5-4-6-10-19)28(27(31)26(23)30)18-22-11-8-17-33-22/h4-6,8-15,17,24,29H,2-3,7,16,18H2,1H3/b25-23-. The van der Waals surface area contributed by atoms with Crippen LogP contribution in [0.5, 0.6) is 5.75 Å². The van der Waals surface area contributed by atoms with Crippen molar-refractivity contribution in [2.75, 3.05) is 6.61 Å². The summed E-state index contributed by atoms with van der Waals surface area (Å²) in [5.74, 6) is -0.735. The fourth-order valence-corrected chi connectivity index (χ4v) is 4.70. The van der Waals surface area contributed by atoms with Crippen molar-refractivity contribution in [3.8, 4) is 5.75 Å². The summed E-state index contributed by atoms with van der Waals surface area (Å²) in [7, 11) is 0. The number of unbranched alkanes of at least 4 members (excludes halogenated alkanes) is 2. The molecule has 1 aliphatic rings. The van der Waals surface area contributed by atoms with Gasteiger partial charge in [0.05, 0.1) is 24.8 Å². The number of amides is 1. The van der Waals surface area contributed by atoms with Crippen molar-refractivity contribution in [3.63, 3.8) is 0 Å². The number of carbonyl (C=O) groups is 2. The molecule has 0 spiro atoms. The number of rotatable bonds is 9. The van der Waals surface area contributed by atoms with Gasteiger partial charge in [-0.3, -0.25) is 9.59 Å². The molecule has 3 aromatic rings. The fraction of sp³-hybridized carbons (Fsp3) is 0.259. The van der Waals surface area contributed by atoms with Crippen molar-refractivity contribution in [2.24, 2.45) is 0 Å². The average Bonchev–Trinajstić information content (AvgIpc) is 3.45. The molecule has 0 saturated carbocycles. The molecule has 1 unspecified atom stereocenters. The molecule has 1 fully saturated rings. The minimum Gasteiger partial charge on any atom is -0.507 e. The summed E-state index contributed by atoms with van der Waals surface area (Å²) in [6.45, 7) is 3.09. The van der Waals surface area contributed by atoms with Gasteiger partial charge in [-0.15, -0.1) is 11.3 Å². The number of ketones is 1. The molecule has 170 valence electrons. The van der Waals surface area contributed by atoms with Gasteiger partial charge in [-0.25, -0.2) is 0 Å². The van der Waals surface area contributed by atoms with E-state index in [1.165, 1.54) is 11.3 Å². The number of Topliss-reactive ketones (excluding diaryl/α,β-unsaturated/α-hetero) is 1. The number of aliphatic hydroxyl groups is 1. The zero-order valence-corrected chi connectivity index (χ0v) is 19.4. The van der Waals surface area contributed by atoms with Crippen molar-refractivity contribution in [3.05, 3.63) is 93.7 Å². The molecule has 1 aromatic heterocycles. The molecule has 5 nitrogen and oxygen atoms in total. The SMILES string of the molecule is CCCCCOc1ccc(/C(O)=C2/C(=O)C(=O)N(Cc3cccs3)C2c2ccccc2)cc1. The Morgan fingerprint density at radius 2 is 1.76 bits per heavy atom. The second-order valence-electron chi connectivity index (χ2n) is 8.00. The third-order valence-corrected chi connectivity index (χ3v) is 6.57. The van der Waals surface area contributed by atoms with Crippen LogP contribution < -0.4 is 4.74 Å². The van der Waals surface area contributed by atoms with Gasteiger partial charge in [0.25, 0.3) is 11.7 Å². The number of aliphatic hydroxyl groups excluding tert-OH is 1. The smallest absolute Gasteiger partial charge is 0.295 e. The fourth-order valence-electron chi connectivity index (χ4n) is 4.00. The molecule has 4 rings (SSSR count). The van der Waals surface area contributed by atoms with Crippen molar-refractivity contribution >= 4 is 28.8 Å². The highest BCUT2D eigenvalue weighted by molar-refractivity contribution is 7.09. The first-order chi connectivity index (χ1) is 16.1. The molecule has 1 N–H and O–H groups in total. The number of hydrogen-bond donors (Lipinski definition) is 1. The van der Waals surface area contributed by atoms with Gasteiger partial charge in [0, 0.05) is 10.4 Å². The summed E-state index contributed by atoms with van der Waals surface area (Å²) in [6.07, 6.45) is 3.23. The normalized spacial score (nSPS) is 17.5. The van der Waals surface area contributed by atoms with E-state index in [0.717, 1.165) is 29.7 Å². The summed E-state index contributed by atoms with van der Waals surface area (Å²) in [5, 5.41) is 13.1. The quantitative estimate of drug-likeness (QED) is 0.185. The molecule has 0 bridgehead atoms. The summed E-state index contributed by atoms with van der Waals surface area (Å²) in [6, 6.07) is 19.6. The second-order valence-corrected chi connectivity index (χ2v) is 9.03. The highest BCUT2D eigenvalue weighted by atomic mass is 32.1. The van der Waals surface area contributed by atoms with E-state index in [9.17, 15) is 14.7 Å². The van der Waals surface area contributed by atoms with Crippen molar-refractivity contribution in [1.82, 2.24) is 4.90 Å². The summed E-state index contributed by atoms with van der Waals surface area (Å²) in [4.78, 5) is 28.6. The predicted molar refractivity (Wildman–Crippen MR) is 130 cm³/mol. The van der Waals surface area contributed by atoms with Gasteiger partial charge in [-0.05, 0) is 47.7 Å². The van der Waals surface area contributed by atoms with E-state index in [2.05, 4.69) is 6.92 Å². The largest absolute Gasteiger partial charge is 0.507 e. The lowest BCUT2D eigenvalue weighted by atomic mass is 9.95. The van der Waals surface area contributed by atoms with Crippen LogP contribution in [0.3, 0.4) is 0 Å². The molecule has 33 heavy (non-hydrogen) atoms. The molecule has 1 aliphatic heterocycles. The molecule has 2 heterocycles. The third kappa shape index (κ3) is 5.01. The highest BCUT2D eigenvalue weighted by Gasteiger charge is 2.46. The first-order valence-corrected chi connectivity index (χ1v) is 12.1. The van der Waals surface area contributed by atoms with Crippen LogP contribution in [-0.4, -0.2) is 28.3 Å². The topological polar surface area (TPSA) is 66.8 Å². The van der Waals surface area contributed by atoms with Gasteiger partial charge in [0.1, 0.15) is 11.5 Å². The Labute approximate surface area is 197 Å². The minimum absolute atomic E-state index is 0.111. The Morgan fingerprint density at radius 1 is 1.00 bits per heavy atom. The van der Waals surface area contributed by atoms with Gasteiger partial charge >= 0.3 is 0 Å². The number of likely N-dealkylation sites (tertiary alicyclic amines) is 1. The number of nitrogens with zero attached hydrogens (tertiary/aromatic N) is 1. The molecule has 1 amide bonds. The van der Waals surface area contributed by atoms with E-state index in [0.29, 0.717) is 24.5 Å². The molecular weight excluding hydrogens is 434 g/mol. The Bertz CT molecular complexity index is 1120. The first-order valence-electron chi connectivity index (χ1n) is 11.2. The van der Waals surface area contributed by atoms with Gasteiger partial charge in [0.2, 0.25) is 0 Å². The number of carbonyl (C=O) groups excluding carboxylic acids is 2. The van der Waals surface area contributed by atoms with Crippen LogP contribution in [0.15, 0.2) is 77.7 Å². The molecule has 6 heteroatoms. The van der Waals surface area contributed by atoms with E-state index < -0.39 is 17.7 Å². The van der Waals surface area contributed by atoms with E-state index in [1.807, 2.05) is 47.8 Å². The lowest BCUT2D eigenvalue weighted by Crippen LogP contribution is -2.28. The highest BCUT2D eigenvalue weighted by Crippen LogP contribution is 2.40. The molecule has 1 atom stereocenters. The maximum absolute atomic E-state index is 13.1. The average molecular weight is 462 g/mol. The maximum Gasteiger partial charge on any atom is 0.295 e. The van der Waals surface area contributed by atoms with Crippen LogP contribution in [0.2, 0.25) is 0 Å². The van der Waals surface area contributed by atoms with E-state index >= 15 is 0 Å². The maximum atomic E-state index is 13.1. The van der Waals surface area contributed by atoms with Crippen molar-refractivity contribution in [1.29, 1.82) is 0 Å². The second kappa shape index (κ2) is 10.5. The van der Waals surface area contributed by atoms with Crippen LogP contribution in [0.1, 0.15) is 48.2 Å². The third-order valence-electron chi connectivity index (χ3n) is 5.71. The van der Waals surface area contributed by atoms with Gasteiger partial charge in [-0.2, -0.15) is 0 Å². The zero-order chi connectivity index (χ0) is 23.2. The zero-order valence-electron chi connectivity index (χ0n) is 18.6. The van der Waals surface area contributed by atoms with Gasteiger partial charge in [0.15, 0.2) is 0 Å². The van der Waals surface area contributed by atoms with Crippen LogP contribution in [0.25, 0.3) is 5.76 Å². The Balaban J connectivity index is 1.67. The van der Waals surface area contributed by atoms with E-state index in [-0.39, 0.29) is 11.3 Å². The molecule has 0 radical (unpaired) electrons. The van der Waals surface area contributed by atoms with Gasteiger partial charge in [-0.1, -0.05) is 56.2 Å². The Kier molecular flexibility index (Phi) is 7.25. The Morgan fingerprint density at radius 3 is 2.42 bits per heavy atom. The van der Waals surface area contributed by atoms with Crippen LogP contribution in [0.4, 0.5) is 0 Å². The van der Waals surface area contributed by atoms with Crippen molar-refractivity contribution in [2.45, 2.75) is 38.8 Å². The van der Waals surface area contributed by atoms with Gasteiger partial charge < -0.3 is 14.7 Å². The monoisotopic (exact) mass is 461 g/mol. The Hall–Kier alpha value is -3.38. The van der Waals surface area contributed by atoms with Crippen molar-refractivity contribution < 1.29 is 19.4 Å². The summed E-state index contributed by atoms with van der Waals surface area (Å²) >= 11 is 1.53. The summed E-state index contributed by atoms with van der Waals surface area (Å²) in [5.41, 5.74) is 1.37. The lowest BCUT2D eigenvalue weighted by molar-refractivity contribution is -0.140. The molecule has 2 aromatic carbocycles. The summed E-state index contributed by atoms with van der Waals surface area (Å²) < 4.78 is 5.75. The lowest BCUT2D eigenvalue weighted by Gasteiger charge is -2.24. The van der Waals surface area contributed by atoms with Crippen LogP contribution >= 0.6 is 11.3 Å². The number of benzene rings is 2. The molecule has 0 aliphatic carbocycles. The van der Waals surface area contributed by atoms with E-state index in [4.69, 9.17) is 4.74 Å². The number of hydrogen-bond acceptors (Lipinski definition) is 5. The predicted octanol–water partition coefficient (Wildman–Crippen LogP) is 5.94. The van der Waals surface area contributed by atoms with E-state index in [1.54, 1.807) is 29.2 Å². The molecular formula is C27H27NO4S. The number of ether oxygens (including phenoxy) is 1. The molecule has 1 saturated heterocycles. The number of thiophene rings is 1. The first kappa shape index (κ1) is 22.8. The minimum atomic E-state index is -0.669.